The number of fused-ring (bicyclic) bond motifs is 1. The molecule has 1 aromatic heterocycles. The first-order chi connectivity index (χ1) is 7.43. The Labute approximate surface area is 95.7 Å². The molecule has 0 atom stereocenters. The summed E-state index contributed by atoms with van der Waals surface area (Å²) in [5.41, 5.74) is 2.61. The molecule has 2 rings (SSSR count). The molecular weight excluding hydrogens is 198 g/mol. The first kappa shape index (κ1) is 10.8. The normalized spacial score (nSPS) is 11.7. The van der Waals surface area contributed by atoms with E-state index in [0.717, 1.165) is 16.7 Å². The zero-order valence-corrected chi connectivity index (χ0v) is 10.1. The second kappa shape index (κ2) is 3.38. The van der Waals surface area contributed by atoms with Crippen molar-refractivity contribution in [2.24, 2.45) is 0 Å². The van der Waals surface area contributed by atoms with Crippen molar-refractivity contribution in [2.75, 3.05) is 0 Å². The summed E-state index contributed by atoms with van der Waals surface area (Å²) in [6, 6.07) is 5.90. The van der Waals surface area contributed by atoms with Gasteiger partial charge in [-0.2, -0.15) is 0 Å². The molecule has 0 saturated carbocycles. The lowest BCUT2D eigenvalue weighted by molar-refractivity contribution is 0.577. The van der Waals surface area contributed by atoms with Gasteiger partial charge in [0.1, 0.15) is 5.58 Å². The Hall–Kier alpha value is -1.75. The molecule has 0 radical (unpaired) electrons. The number of benzene rings is 1. The van der Waals surface area contributed by atoms with Gasteiger partial charge in [0.05, 0.1) is 12.3 Å². The minimum absolute atomic E-state index is 0.0646. The molecule has 1 aromatic carbocycles. The monoisotopic (exact) mass is 213 g/mol. The van der Waals surface area contributed by atoms with Gasteiger partial charge >= 0.3 is 0 Å². The van der Waals surface area contributed by atoms with Crippen LogP contribution in [0.1, 0.15) is 32.1 Å². The predicted molar refractivity (Wildman–Crippen MR) is 65.9 cm³/mol. The van der Waals surface area contributed by atoms with Gasteiger partial charge in [-0.1, -0.05) is 32.9 Å². The van der Waals surface area contributed by atoms with E-state index in [1.807, 2.05) is 25.1 Å². The van der Waals surface area contributed by atoms with E-state index in [2.05, 4.69) is 25.6 Å². The topological polar surface area (TPSA) is 17.5 Å². The van der Waals surface area contributed by atoms with Crippen molar-refractivity contribution < 1.29 is 4.42 Å². The van der Waals surface area contributed by atoms with Crippen LogP contribution in [0.15, 0.2) is 22.6 Å². The highest BCUT2D eigenvalue weighted by Gasteiger charge is 2.20. The number of aryl methyl sites for hydroxylation is 1. The van der Waals surface area contributed by atoms with Crippen LogP contribution in [0, 0.1) is 13.5 Å². The number of nitrogens with zero attached hydrogens (tertiary/aromatic N) is 1. The number of rotatable bonds is 0. The van der Waals surface area contributed by atoms with Crippen LogP contribution >= 0.6 is 0 Å². The highest BCUT2D eigenvalue weighted by molar-refractivity contribution is 5.93. The average molecular weight is 213 g/mol. The van der Waals surface area contributed by atoms with Crippen LogP contribution in [0.5, 0.6) is 0 Å². The third-order valence-corrected chi connectivity index (χ3v) is 2.71. The van der Waals surface area contributed by atoms with Crippen LogP contribution in [-0.2, 0) is 5.41 Å². The Balaban J connectivity index is 2.86. The summed E-state index contributed by atoms with van der Waals surface area (Å²) in [5.74, 6) is 0.858. The molecule has 2 heteroatoms. The largest absolute Gasteiger partial charge is 0.472 e. The molecule has 16 heavy (non-hydrogen) atoms. The molecule has 0 N–H and O–H groups in total. The molecule has 0 saturated heterocycles. The van der Waals surface area contributed by atoms with Crippen molar-refractivity contribution in [3.8, 4) is 0 Å². The molecule has 1 heterocycles. The summed E-state index contributed by atoms with van der Waals surface area (Å²) in [6.45, 7) is 15.5. The van der Waals surface area contributed by atoms with E-state index in [0.29, 0.717) is 5.69 Å². The third kappa shape index (κ3) is 1.59. The van der Waals surface area contributed by atoms with Crippen LogP contribution < -0.4 is 0 Å². The predicted octanol–water partition coefficient (Wildman–Crippen LogP) is 4.59. The van der Waals surface area contributed by atoms with Gasteiger partial charge in [-0.05, 0) is 24.0 Å². The maximum atomic E-state index is 7.13. The summed E-state index contributed by atoms with van der Waals surface area (Å²) < 4.78 is 5.61. The van der Waals surface area contributed by atoms with Crippen LogP contribution in [0.4, 0.5) is 5.69 Å². The van der Waals surface area contributed by atoms with Gasteiger partial charge in [0.25, 0.3) is 0 Å². The van der Waals surface area contributed by atoms with Crippen LogP contribution in [0.25, 0.3) is 15.8 Å². The van der Waals surface area contributed by atoms with Crippen molar-refractivity contribution >= 4 is 16.7 Å². The molecular formula is C14H15NO. The van der Waals surface area contributed by atoms with Crippen LogP contribution in [0.2, 0.25) is 0 Å². The summed E-state index contributed by atoms with van der Waals surface area (Å²) in [6.07, 6.45) is 0. The Kier molecular flexibility index (Phi) is 2.27. The van der Waals surface area contributed by atoms with Crippen molar-refractivity contribution in [2.45, 2.75) is 33.1 Å². The van der Waals surface area contributed by atoms with E-state index in [4.69, 9.17) is 11.0 Å². The SMILES string of the molecule is [C-]#[N+]c1ccc(C(C)(C)C)c2cc(C)oc12. The average Bonchev–Trinajstić information content (AvgIpc) is 2.55. The zero-order valence-electron chi connectivity index (χ0n) is 10.1. The lowest BCUT2D eigenvalue weighted by Crippen LogP contribution is -2.10. The molecule has 2 nitrogen and oxygen atoms in total. The maximum absolute atomic E-state index is 7.13. The van der Waals surface area contributed by atoms with Gasteiger partial charge in [-0.3, -0.25) is 0 Å². The molecule has 0 spiro atoms. The van der Waals surface area contributed by atoms with Gasteiger partial charge in [-0.25, -0.2) is 4.85 Å². The van der Waals surface area contributed by atoms with E-state index < -0.39 is 0 Å². The molecule has 0 aliphatic heterocycles. The number of furan rings is 1. The van der Waals surface area contributed by atoms with Crippen molar-refractivity contribution in [3.63, 3.8) is 0 Å². The molecule has 2 aromatic rings. The molecule has 0 bridgehead atoms. The number of hydrogen-bond acceptors (Lipinski definition) is 1. The van der Waals surface area contributed by atoms with E-state index in [1.54, 1.807) is 0 Å². The molecule has 0 aliphatic carbocycles. The summed E-state index contributed by atoms with van der Waals surface area (Å²) in [4.78, 5) is 3.49. The lowest BCUT2D eigenvalue weighted by atomic mass is 9.85. The fourth-order valence-electron chi connectivity index (χ4n) is 1.97. The summed E-state index contributed by atoms with van der Waals surface area (Å²) in [5, 5.41) is 1.07. The van der Waals surface area contributed by atoms with Gasteiger partial charge in [0.15, 0.2) is 0 Å². The quantitative estimate of drug-likeness (QED) is 0.585. The first-order valence-electron chi connectivity index (χ1n) is 5.34. The first-order valence-corrected chi connectivity index (χ1v) is 5.34. The van der Waals surface area contributed by atoms with E-state index in [-0.39, 0.29) is 5.41 Å². The second-order valence-corrected chi connectivity index (χ2v) is 5.09. The standard InChI is InChI=1S/C14H15NO/c1-9-8-10-11(14(2,3)4)6-7-12(15-5)13(10)16-9/h6-8H,1-4H3. The molecule has 82 valence electrons. The Bertz CT molecular complexity index is 579. The third-order valence-electron chi connectivity index (χ3n) is 2.71. The van der Waals surface area contributed by atoms with Crippen molar-refractivity contribution in [1.29, 1.82) is 0 Å². The van der Waals surface area contributed by atoms with E-state index >= 15 is 0 Å². The molecule has 0 amide bonds. The second-order valence-electron chi connectivity index (χ2n) is 5.09. The van der Waals surface area contributed by atoms with Gasteiger partial charge in [0, 0.05) is 5.39 Å². The minimum atomic E-state index is 0.0646. The number of hydrogen-bond donors (Lipinski definition) is 0. The van der Waals surface area contributed by atoms with Crippen molar-refractivity contribution in [3.05, 3.63) is 40.9 Å². The molecule has 0 unspecified atom stereocenters. The van der Waals surface area contributed by atoms with Gasteiger partial charge in [-0.15, -0.1) is 0 Å². The van der Waals surface area contributed by atoms with Gasteiger partial charge < -0.3 is 4.42 Å². The smallest absolute Gasteiger partial charge is 0.229 e. The molecule has 0 aliphatic rings. The minimum Gasteiger partial charge on any atom is -0.472 e. The van der Waals surface area contributed by atoms with Crippen LogP contribution in [0.3, 0.4) is 0 Å². The highest BCUT2D eigenvalue weighted by Crippen LogP contribution is 2.36. The summed E-state index contributed by atoms with van der Waals surface area (Å²) >= 11 is 0. The fraction of sp³-hybridized carbons (Fsp3) is 0.357. The van der Waals surface area contributed by atoms with Gasteiger partial charge in [0.2, 0.25) is 5.69 Å². The summed E-state index contributed by atoms with van der Waals surface area (Å²) in [7, 11) is 0. The Morgan fingerprint density at radius 2 is 1.94 bits per heavy atom. The van der Waals surface area contributed by atoms with E-state index in [9.17, 15) is 0 Å². The zero-order chi connectivity index (χ0) is 11.9. The Morgan fingerprint density at radius 3 is 2.50 bits per heavy atom. The maximum Gasteiger partial charge on any atom is 0.229 e. The fourth-order valence-corrected chi connectivity index (χ4v) is 1.97. The Morgan fingerprint density at radius 1 is 1.25 bits per heavy atom. The van der Waals surface area contributed by atoms with Crippen LogP contribution in [-0.4, -0.2) is 0 Å². The molecule has 0 fully saturated rings. The lowest BCUT2D eigenvalue weighted by Gasteiger charge is -2.20. The van der Waals surface area contributed by atoms with E-state index in [1.165, 1.54) is 5.56 Å². The highest BCUT2D eigenvalue weighted by atomic mass is 16.3. The van der Waals surface area contributed by atoms with Crippen molar-refractivity contribution in [1.82, 2.24) is 0 Å².